The van der Waals surface area contributed by atoms with Gasteiger partial charge in [-0.1, -0.05) is 394 Å². The summed E-state index contributed by atoms with van der Waals surface area (Å²) in [6.45, 7) is 5.00. The van der Waals surface area contributed by atoms with Gasteiger partial charge in [0.05, 0.1) is 26.4 Å². The third-order valence-corrected chi connectivity index (χ3v) is 21.3. The summed E-state index contributed by atoms with van der Waals surface area (Å²) in [7, 11) is -9.91. The van der Waals surface area contributed by atoms with Gasteiger partial charge >= 0.3 is 39.5 Å². The number of hydrogen-bond acceptors (Lipinski definition) is 15. The minimum Gasteiger partial charge on any atom is -0.462 e. The normalized spacial score (nSPS) is 13.8. The van der Waals surface area contributed by atoms with E-state index in [1.54, 1.807) is 0 Å². The monoisotopic (exact) mass is 1480 g/mol. The van der Waals surface area contributed by atoms with Crippen LogP contribution in [0.4, 0.5) is 0 Å². The Hall–Kier alpha value is -1.94. The number of carbonyl (C=O) groups is 4. The second kappa shape index (κ2) is 76.3. The standard InChI is InChI=1S/C82H160O17P2/c1-5-9-13-17-21-25-28-31-33-35-37-39-41-43-45-47-50-53-57-61-65-69-82(87)99-78(73-93-80(85)67-63-59-55-51-49-46-44-42-40-38-36-34-32-29-26-22-18-14-10-6-2)75-97-101(90,91)95-71-76(83)70-94-100(88,89)96-74-77(72-92-79(84)66-62-58-54-24-20-16-12-8-4)98-81(86)68-64-60-56-52-48-30-27-23-19-15-11-7-3/h76-78,83H,5-75H2,1-4H3,(H,88,89)(H,90,91)/t76-,77+,78+/m0/s1. The van der Waals surface area contributed by atoms with Gasteiger partial charge in [-0.2, -0.15) is 0 Å². The maximum absolute atomic E-state index is 13.1. The predicted octanol–water partition coefficient (Wildman–Crippen LogP) is 25.0. The Morgan fingerprint density at radius 3 is 0.584 bits per heavy atom. The van der Waals surface area contributed by atoms with Gasteiger partial charge in [-0.05, 0) is 25.7 Å². The second-order valence-electron chi connectivity index (χ2n) is 29.5. The number of aliphatic hydroxyl groups excluding tert-OH is 1. The highest BCUT2D eigenvalue weighted by molar-refractivity contribution is 7.47. The minimum atomic E-state index is -4.96. The smallest absolute Gasteiger partial charge is 0.462 e. The van der Waals surface area contributed by atoms with Crippen molar-refractivity contribution in [3.05, 3.63) is 0 Å². The highest BCUT2D eigenvalue weighted by atomic mass is 31.2. The summed E-state index contributed by atoms with van der Waals surface area (Å²) in [4.78, 5) is 72.9. The molecule has 0 radical (unpaired) electrons. The molecular weight excluding hydrogens is 1320 g/mol. The third kappa shape index (κ3) is 76.1. The molecule has 0 aromatic carbocycles. The van der Waals surface area contributed by atoms with Crippen LogP contribution >= 0.6 is 15.6 Å². The summed E-state index contributed by atoms with van der Waals surface area (Å²) in [5.74, 6) is -2.11. The van der Waals surface area contributed by atoms with Crippen molar-refractivity contribution in [3.8, 4) is 0 Å². The van der Waals surface area contributed by atoms with Crippen LogP contribution < -0.4 is 0 Å². The Morgan fingerprint density at radius 2 is 0.396 bits per heavy atom. The SMILES string of the molecule is CCCCCCCCCCCCCCCCCCCCCCCC(=O)O[C@H](COC(=O)CCCCCCCCCCCCCCCCCCCCCC)COP(=O)(O)OC[C@@H](O)COP(=O)(O)OC[C@@H](COC(=O)CCCCCCCCCC)OC(=O)CCCCCCCCCCCCCC. The van der Waals surface area contributed by atoms with Crippen molar-refractivity contribution in [3.63, 3.8) is 0 Å². The first kappa shape index (κ1) is 99.1. The molecule has 0 rings (SSSR count). The van der Waals surface area contributed by atoms with Crippen LogP contribution in [0.3, 0.4) is 0 Å². The van der Waals surface area contributed by atoms with Crippen LogP contribution in [-0.4, -0.2) is 96.7 Å². The molecule has 3 N–H and O–H groups in total. The number of esters is 4. The van der Waals surface area contributed by atoms with E-state index in [0.717, 1.165) is 89.9 Å². The lowest BCUT2D eigenvalue weighted by Gasteiger charge is -2.21. The van der Waals surface area contributed by atoms with Crippen LogP contribution in [0.5, 0.6) is 0 Å². The van der Waals surface area contributed by atoms with E-state index in [-0.39, 0.29) is 25.7 Å². The number of rotatable bonds is 83. The molecule has 0 aliphatic heterocycles. The zero-order chi connectivity index (χ0) is 73.9. The van der Waals surface area contributed by atoms with Crippen molar-refractivity contribution in [1.82, 2.24) is 0 Å². The van der Waals surface area contributed by atoms with Gasteiger partial charge in [0, 0.05) is 25.7 Å². The first-order chi connectivity index (χ1) is 49.2. The highest BCUT2D eigenvalue weighted by Crippen LogP contribution is 2.45. The fraction of sp³-hybridized carbons (Fsp3) is 0.951. The van der Waals surface area contributed by atoms with Crippen molar-refractivity contribution >= 4 is 39.5 Å². The van der Waals surface area contributed by atoms with Crippen LogP contribution in [0.2, 0.25) is 0 Å². The summed E-state index contributed by atoms with van der Waals surface area (Å²) in [6.07, 6.45) is 69.6. The van der Waals surface area contributed by atoms with Gasteiger partial charge in [0.25, 0.3) is 0 Å². The lowest BCUT2D eigenvalue weighted by molar-refractivity contribution is -0.161. The molecule has 2 unspecified atom stereocenters. The van der Waals surface area contributed by atoms with E-state index in [0.29, 0.717) is 25.7 Å². The lowest BCUT2D eigenvalue weighted by Crippen LogP contribution is -2.30. The van der Waals surface area contributed by atoms with E-state index >= 15 is 0 Å². The van der Waals surface area contributed by atoms with Gasteiger partial charge in [-0.3, -0.25) is 37.3 Å². The topological polar surface area (TPSA) is 237 Å². The Labute approximate surface area is 619 Å². The molecule has 101 heavy (non-hydrogen) atoms. The molecule has 5 atom stereocenters. The number of phosphoric ester groups is 2. The molecule has 19 heteroatoms. The molecule has 0 aromatic rings. The van der Waals surface area contributed by atoms with E-state index in [2.05, 4.69) is 27.7 Å². The van der Waals surface area contributed by atoms with Crippen LogP contribution in [-0.2, 0) is 65.4 Å². The molecule has 0 aliphatic rings. The van der Waals surface area contributed by atoms with Crippen molar-refractivity contribution in [2.45, 2.75) is 463 Å². The summed E-state index contributed by atoms with van der Waals surface area (Å²) in [5.41, 5.74) is 0. The number of phosphoric acid groups is 2. The summed E-state index contributed by atoms with van der Waals surface area (Å²) >= 11 is 0. The number of unbranched alkanes of at least 4 members (excludes halogenated alkanes) is 57. The molecule has 0 bridgehead atoms. The summed E-state index contributed by atoms with van der Waals surface area (Å²) in [5, 5.41) is 10.6. The number of ether oxygens (including phenoxy) is 4. The first-order valence-corrected chi connectivity index (χ1v) is 45.8. The van der Waals surface area contributed by atoms with Gasteiger partial charge < -0.3 is 33.8 Å². The lowest BCUT2D eigenvalue weighted by atomic mass is 10.0. The first-order valence-electron chi connectivity index (χ1n) is 42.8. The largest absolute Gasteiger partial charge is 0.472 e. The Morgan fingerprint density at radius 1 is 0.238 bits per heavy atom. The van der Waals surface area contributed by atoms with Gasteiger partial charge in [-0.25, -0.2) is 9.13 Å². The summed E-state index contributed by atoms with van der Waals surface area (Å²) in [6, 6.07) is 0. The zero-order valence-corrected chi connectivity index (χ0v) is 67.7. The molecular formula is C82H160O17P2. The van der Waals surface area contributed by atoms with E-state index < -0.39 is 97.5 Å². The molecule has 0 spiro atoms. The second-order valence-corrected chi connectivity index (χ2v) is 32.4. The molecule has 17 nitrogen and oxygen atoms in total. The van der Waals surface area contributed by atoms with E-state index in [1.807, 2.05) is 0 Å². The van der Waals surface area contributed by atoms with Crippen molar-refractivity contribution < 1.29 is 80.2 Å². The van der Waals surface area contributed by atoms with Crippen molar-refractivity contribution in [1.29, 1.82) is 0 Å². The zero-order valence-electron chi connectivity index (χ0n) is 65.9. The molecule has 0 heterocycles. The quantitative estimate of drug-likeness (QED) is 0.0222. The van der Waals surface area contributed by atoms with Crippen LogP contribution in [0.15, 0.2) is 0 Å². The van der Waals surface area contributed by atoms with Gasteiger partial charge in [0.15, 0.2) is 12.2 Å². The number of hydrogen-bond donors (Lipinski definition) is 3. The molecule has 0 aliphatic carbocycles. The fourth-order valence-electron chi connectivity index (χ4n) is 12.8. The molecule has 600 valence electrons. The third-order valence-electron chi connectivity index (χ3n) is 19.4. The molecule has 0 fully saturated rings. The average Bonchev–Trinajstić information content (AvgIpc) is 0.978. The average molecular weight is 1480 g/mol. The Bertz CT molecular complexity index is 1910. The van der Waals surface area contributed by atoms with Crippen molar-refractivity contribution in [2.75, 3.05) is 39.6 Å². The Balaban J connectivity index is 5.16. The molecule has 0 saturated heterocycles. The van der Waals surface area contributed by atoms with Gasteiger partial charge in [0.2, 0.25) is 0 Å². The van der Waals surface area contributed by atoms with E-state index in [9.17, 15) is 43.2 Å². The van der Waals surface area contributed by atoms with E-state index in [4.69, 9.17) is 37.0 Å². The minimum absolute atomic E-state index is 0.108. The Kier molecular flexibility index (Phi) is 74.8. The van der Waals surface area contributed by atoms with Crippen LogP contribution in [0.1, 0.15) is 445 Å². The van der Waals surface area contributed by atoms with Crippen LogP contribution in [0.25, 0.3) is 0 Å². The van der Waals surface area contributed by atoms with E-state index in [1.165, 1.54) is 276 Å². The molecule has 0 saturated carbocycles. The number of carbonyl (C=O) groups excluding carboxylic acids is 4. The van der Waals surface area contributed by atoms with Crippen LogP contribution in [0, 0.1) is 0 Å². The predicted molar refractivity (Wildman–Crippen MR) is 414 cm³/mol. The van der Waals surface area contributed by atoms with Gasteiger partial charge in [0.1, 0.15) is 19.3 Å². The molecule has 0 aromatic heterocycles. The van der Waals surface area contributed by atoms with Crippen molar-refractivity contribution in [2.24, 2.45) is 0 Å². The maximum atomic E-state index is 13.1. The fourth-order valence-corrected chi connectivity index (χ4v) is 14.4. The number of aliphatic hydroxyl groups is 1. The highest BCUT2D eigenvalue weighted by Gasteiger charge is 2.30. The molecule has 0 amide bonds. The maximum Gasteiger partial charge on any atom is 0.472 e. The summed E-state index contributed by atoms with van der Waals surface area (Å²) < 4.78 is 68.6. The van der Waals surface area contributed by atoms with Gasteiger partial charge in [-0.15, -0.1) is 0 Å².